The minimum Gasteiger partial charge on any atom is -0.380 e. The number of hydrogen-bond donors (Lipinski definition) is 2. The Morgan fingerprint density at radius 1 is 1.18 bits per heavy atom. The van der Waals surface area contributed by atoms with Gasteiger partial charge in [-0.3, -0.25) is 14.6 Å². The standard InChI is InChI=1S/C23H29N3O2/c1-23(2)18-8-7-17(20(23)13-18)15-28-26-22(27)19-5-3-4-6-21(19)25-14-16-9-11-24-12-10-16/h3-6,9-12,17-18,20,25H,7-8,13-15H2,1-2H3,(H,26,27). The molecule has 1 aromatic heterocycles. The molecular weight excluding hydrogens is 350 g/mol. The number of para-hydroxylation sites is 1. The van der Waals surface area contributed by atoms with Crippen molar-refractivity contribution in [2.24, 2.45) is 23.2 Å². The number of fused-ring (bicyclic) bond motifs is 2. The van der Waals surface area contributed by atoms with Gasteiger partial charge in [-0.25, -0.2) is 5.48 Å². The first-order valence-corrected chi connectivity index (χ1v) is 10.2. The van der Waals surface area contributed by atoms with E-state index in [2.05, 4.69) is 29.6 Å². The fraction of sp³-hybridized carbons (Fsp3) is 0.478. The highest BCUT2D eigenvalue weighted by atomic mass is 16.7. The number of hydrogen-bond acceptors (Lipinski definition) is 4. The van der Waals surface area contributed by atoms with Gasteiger partial charge in [0.2, 0.25) is 0 Å². The average molecular weight is 380 g/mol. The lowest BCUT2D eigenvalue weighted by molar-refractivity contribution is -0.130. The smallest absolute Gasteiger partial charge is 0.276 e. The topological polar surface area (TPSA) is 63.2 Å². The van der Waals surface area contributed by atoms with Gasteiger partial charge in [-0.2, -0.15) is 0 Å². The van der Waals surface area contributed by atoms with Crippen molar-refractivity contribution in [2.45, 2.75) is 39.7 Å². The van der Waals surface area contributed by atoms with Crippen LogP contribution in [0.3, 0.4) is 0 Å². The molecule has 1 heterocycles. The number of hydroxylamine groups is 1. The molecule has 3 atom stereocenters. The molecule has 0 aliphatic heterocycles. The molecule has 0 saturated heterocycles. The lowest BCUT2D eigenvalue weighted by Gasteiger charge is -2.60. The molecule has 1 amide bonds. The molecule has 2 N–H and O–H groups in total. The van der Waals surface area contributed by atoms with Crippen molar-refractivity contribution in [1.29, 1.82) is 0 Å². The Morgan fingerprint density at radius 3 is 2.71 bits per heavy atom. The van der Waals surface area contributed by atoms with Gasteiger partial charge in [0.05, 0.1) is 12.2 Å². The number of rotatable bonds is 7. The molecule has 0 spiro atoms. The fourth-order valence-corrected chi connectivity index (χ4v) is 4.96. The van der Waals surface area contributed by atoms with Crippen LogP contribution in [0.4, 0.5) is 5.69 Å². The van der Waals surface area contributed by atoms with Gasteiger partial charge >= 0.3 is 0 Å². The maximum absolute atomic E-state index is 12.7. The van der Waals surface area contributed by atoms with Gasteiger partial charge in [-0.05, 0) is 72.3 Å². The summed E-state index contributed by atoms with van der Waals surface area (Å²) in [5, 5.41) is 3.33. The lowest BCUT2D eigenvalue weighted by Crippen LogP contribution is -2.53. The van der Waals surface area contributed by atoms with Crippen molar-refractivity contribution < 1.29 is 9.63 Å². The zero-order valence-electron chi connectivity index (χ0n) is 16.7. The summed E-state index contributed by atoms with van der Waals surface area (Å²) in [7, 11) is 0. The molecule has 3 aliphatic rings. The third kappa shape index (κ3) is 3.76. The summed E-state index contributed by atoms with van der Waals surface area (Å²) >= 11 is 0. The Morgan fingerprint density at radius 2 is 1.96 bits per heavy atom. The molecule has 2 bridgehead atoms. The van der Waals surface area contributed by atoms with E-state index in [0.717, 1.165) is 23.1 Å². The lowest BCUT2D eigenvalue weighted by atomic mass is 9.46. The number of amides is 1. The van der Waals surface area contributed by atoms with E-state index in [-0.39, 0.29) is 5.91 Å². The quantitative estimate of drug-likeness (QED) is 0.699. The van der Waals surface area contributed by atoms with Crippen molar-refractivity contribution in [1.82, 2.24) is 10.5 Å². The van der Waals surface area contributed by atoms with E-state index in [9.17, 15) is 4.79 Å². The summed E-state index contributed by atoms with van der Waals surface area (Å²) in [6, 6.07) is 11.4. The molecule has 28 heavy (non-hydrogen) atoms. The van der Waals surface area contributed by atoms with E-state index in [0.29, 0.717) is 30.0 Å². The molecular formula is C23H29N3O2. The maximum atomic E-state index is 12.7. The zero-order valence-corrected chi connectivity index (χ0v) is 16.7. The van der Waals surface area contributed by atoms with E-state index in [1.165, 1.54) is 19.3 Å². The van der Waals surface area contributed by atoms with Crippen molar-refractivity contribution >= 4 is 11.6 Å². The fourth-order valence-electron chi connectivity index (χ4n) is 4.96. The molecule has 0 radical (unpaired) electrons. The third-order valence-corrected chi connectivity index (χ3v) is 6.87. The highest BCUT2D eigenvalue weighted by Crippen LogP contribution is 2.61. The van der Waals surface area contributed by atoms with Crippen LogP contribution in [-0.2, 0) is 11.4 Å². The second-order valence-electron chi connectivity index (χ2n) is 8.69. The minimum absolute atomic E-state index is 0.209. The Hall–Kier alpha value is -2.40. The number of pyridine rings is 1. The maximum Gasteiger partial charge on any atom is 0.276 e. The average Bonchev–Trinajstić information content (AvgIpc) is 2.73. The van der Waals surface area contributed by atoms with Gasteiger partial charge in [-0.15, -0.1) is 0 Å². The largest absolute Gasteiger partial charge is 0.380 e. The number of nitrogens with one attached hydrogen (secondary N) is 2. The number of carbonyl (C=O) groups excluding carboxylic acids is 1. The number of carbonyl (C=O) groups is 1. The van der Waals surface area contributed by atoms with E-state index in [1.807, 2.05) is 36.4 Å². The van der Waals surface area contributed by atoms with Gasteiger partial charge < -0.3 is 5.32 Å². The number of benzene rings is 1. The summed E-state index contributed by atoms with van der Waals surface area (Å²) in [4.78, 5) is 22.3. The molecule has 5 rings (SSSR count). The van der Waals surface area contributed by atoms with Crippen LogP contribution in [-0.4, -0.2) is 17.5 Å². The summed E-state index contributed by atoms with van der Waals surface area (Å²) in [6.45, 7) is 5.98. The Balaban J connectivity index is 1.31. The van der Waals surface area contributed by atoms with Crippen LogP contribution in [0.15, 0.2) is 48.8 Å². The molecule has 3 fully saturated rings. The highest BCUT2D eigenvalue weighted by Gasteiger charge is 2.54. The van der Waals surface area contributed by atoms with E-state index >= 15 is 0 Å². The number of anilines is 1. The van der Waals surface area contributed by atoms with Crippen LogP contribution in [0.25, 0.3) is 0 Å². The van der Waals surface area contributed by atoms with Crippen LogP contribution in [0.2, 0.25) is 0 Å². The van der Waals surface area contributed by atoms with Crippen LogP contribution in [0, 0.1) is 23.2 Å². The predicted octanol–water partition coefficient (Wildman–Crippen LogP) is 4.43. The summed E-state index contributed by atoms with van der Waals surface area (Å²) in [5.74, 6) is 1.93. The van der Waals surface area contributed by atoms with Crippen molar-refractivity contribution in [3.8, 4) is 0 Å². The van der Waals surface area contributed by atoms with Gasteiger partial charge in [0.1, 0.15) is 0 Å². The van der Waals surface area contributed by atoms with Gasteiger partial charge in [0.25, 0.3) is 5.91 Å². The molecule has 1 aromatic carbocycles. The van der Waals surface area contributed by atoms with E-state index < -0.39 is 0 Å². The first-order valence-electron chi connectivity index (χ1n) is 10.2. The van der Waals surface area contributed by atoms with Crippen LogP contribution in [0.1, 0.15) is 49.0 Å². The van der Waals surface area contributed by atoms with Gasteiger partial charge in [-0.1, -0.05) is 26.0 Å². The summed E-state index contributed by atoms with van der Waals surface area (Å²) in [6.07, 6.45) is 7.34. The van der Waals surface area contributed by atoms with Gasteiger partial charge in [0.15, 0.2) is 0 Å². The summed E-state index contributed by atoms with van der Waals surface area (Å²) < 4.78 is 0. The minimum atomic E-state index is -0.209. The second-order valence-corrected chi connectivity index (χ2v) is 8.69. The molecule has 3 saturated carbocycles. The van der Waals surface area contributed by atoms with Crippen molar-refractivity contribution in [3.05, 3.63) is 59.9 Å². The Labute approximate surface area is 166 Å². The Bertz CT molecular complexity index is 820. The van der Waals surface area contributed by atoms with Crippen LogP contribution < -0.4 is 10.8 Å². The van der Waals surface area contributed by atoms with E-state index in [4.69, 9.17) is 4.84 Å². The SMILES string of the molecule is CC1(C)C2CCC(CONC(=O)c3ccccc3NCc3ccncc3)C1C2. The van der Waals surface area contributed by atoms with Crippen LogP contribution >= 0.6 is 0 Å². The van der Waals surface area contributed by atoms with Crippen molar-refractivity contribution in [2.75, 3.05) is 11.9 Å². The molecule has 2 aromatic rings. The normalized spacial score (nSPS) is 24.9. The first-order chi connectivity index (χ1) is 13.6. The highest BCUT2D eigenvalue weighted by molar-refractivity contribution is 5.98. The second kappa shape index (κ2) is 7.92. The van der Waals surface area contributed by atoms with Crippen LogP contribution in [0.5, 0.6) is 0 Å². The first kappa shape index (κ1) is 18.9. The molecule has 148 valence electrons. The Kier molecular flexibility index (Phi) is 5.36. The monoisotopic (exact) mass is 379 g/mol. The predicted molar refractivity (Wildman–Crippen MR) is 110 cm³/mol. The molecule has 5 heteroatoms. The van der Waals surface area contributed by atoms with Gasteiger partial charge in [0, 0.05) is 24.6 Å². The molecule has 3 unspecified atom stereocenters. The molecule has 3 aliphatic carbocycles. The summed E-state index contributed by atoms with van der Waals surface area (Å²) in [5.41, 5.74) is 5.58. The number of aromatic nitrogens is 1. The van der Waals surface area contributed by atoms with E-state index in [1.54, 1.807) is 12.4 Å². The number of nitrogens with zero attached hydrogens (tertiary/aromatic N) is 1. The van der Waals surface area contributed by atoms with Crippen molar-refractivity contribution in [3.63, 3.8) is 0 Å². The zero-order chi connectivity index (χ0) is 19.6. The third-order valence-electron chi connectivity index (χ3n) is 6.87. The molecule has 5 nitrogen and oxygen atoms in total.